The molecule has 1 saturated carbocycles. The first-order valence-electron chi connectivity index (χ1n) is 5.84. The molecule has 1 aliphatic heterocycles. The van der Waals surface area contributed by atoms with Crippen molar-refractivity contribution in [2.45, 2.75) is 39.2 Å². The molecule has 0 N–H and O–H groups in total. The predicted molar refractivity (Wildman–Crippen MR) is 56.9 cm³/mol. The number of hydrogen-bond acceptors (Lipinski definition) is 3. The van der Waals surface area contributed by atoms with Gasteiger partial charge in [0.15, 0.2) is 0 Å². The van der Waals surface area contributed by atoms with Crippen molar-refractivity contribution in [3.8, 4) is 6.07 Å². The number of hydrogen-bond donors (Lipinski definition) is 0. The highest BCUT2D eigenvalue weighted by Gasteiger charge is 2.52. The Kier molecular flexibility index (Phi) is 2.71. The number of carbonyl (C=O) groups is 2. The summed E-state index contributed by atoms with van der Waals surface area (Å²) in [6, 6.07) is 1.49. The largest absolute Gasteiger partial charge is 0.274 e. The standard InChI is InChI=1S/C12H16N2O2/c1-7(2)10(6-13)14-11(15)8-4-3-5-9(8)12(14)16/h7-10H,3-5H2,1-2H3. The van der Waals surface area contributed by atoms with E-state index in [0.29, 0.717) is 0 Å². The quantitative estimate of drug-likeness (QED) is 0.659. The van der Waals surface area contributed by atoms with E-state index >= 15 is 0 Å². The SMILES string of the molecule is CC(C)C(C#N)N1C(=O)C2CCCC2C1=O. The molecule has 0 aromatic carbocycles. The molecule has 2 rings (SSSR count). The van der Waals surface area contributed by atoms with Crippen LogP contribution in [0.4, 0.5) is 0 Å². The second-order valence-electron chi connectivity index (χ2n) is 5.01. The van der Waals surface area contributed by atoms with Crippen molar-refractivity contribution in [2.24, 2.45) is 17.8 Å². The van der Waals surface area contributed by atoms with Gasteiger partial charge in [-0.15, -0.1) is 0 Å². The highest BCUT2D eigenvalue weighted by Crippen LogP contribution is 2.41. The van der Waals surface area contributed by atoms with Crippen molar-refractivity contribution in [2.75, 3.05) is 0 Å². The fourth-order valence-electron chi connectivity index (χ4n) is 2.80. The summed E-state index contributed by atoms with van der Waals surface area (Å²) >= 11 is 0. The lowest BCUT2D eigenvalue weighted by Gasteiger charge is -2.24. The average Bonchev–Trinajstić information content (AvgIpc) is 2.78. The van der Waals surface area contributed by atoms with Gasteiger partial charge in [0.2, 0.25) is 11.8 Å². The molecule has 4 heteroatoms. The summed E-state index contributed by atoms with van der Waals surface area (Å²) in [6.45, 7) is 3.73. The van der Waals surface area contributed by atoms with Crippen molar-refractivity contribution in [3.63, 3.8) is 0 Å². The lowest BCUT2D eigenvalue weighted by atomic mass is 10.00. The van der Waals surface area contributed by atoms with E-state index in [1.165, 1.54) is 4.90 Å². The van der Waals surface area contributed by atoms with E-state index in [4.69, 9.17) is 5.26 Å². The predicted octanol–water partition coefficient (Wildman–Crippen LogP) is 1.32. The van der Waals surface area contributed by atoms with E-state index < -0.39 is 6.04 Å². The molecule has 2 fully saturated rings. The average molecular weight is 220 g/mol. The van der Waals surface area contributed by atoms with Crippen LogP contribution < -0.4 is 0 Å². The summed E-state index contributed by atoms with van der Waals surface area (Å²) in [5.41, 5.74) is 0. The van der Waals surface area contributed by atoms with Crippen LogP contribution in [0, 0.1) is 29.1 Å². The van der Waals surface area contributed by atoms with E-state index in [9.17, 15) is 9.59 Å². The van der Waals surface area contributed by atoms with Gasteiger partial charge in [0.25, 0.3) is 0 Å². The fraction of sp³-hybridized carbons (Fsp3) is 0.750. The van der Waals surface area contributed by atoms with Gasteiger partial charge in [-0.25, -0.2) is 0 Å². The summed E-state index contributed by atoms with van der Waals surface area (Å²) in [4.78, 5) is 25.3. The Morgan fingerprint density at radius 1 is 1.25 bits per heavy atom. The van der Waals surface area contributed by atoms with Gasteiger partial charge in [0, 0.05) is 0 Å². The number of carbonyl (C=O) groups excluding carboxylic acids is 2. The number of likely N-dealkylation sites (tertiary alicyclic amines) is 1. The molecule has 1 heterocycles. The Balaban J connectivity index is 2.27. The van der Waals surface area contributed by atoms with Gasteiger partial charge in [-0.2, -0.15) is 5.26 Å². The summed E-state index contributed by atoms with van der Waals surface area (Å²) in [5, 5.41) is 9.06. The number of rotatable bonds is 2. The maximum atomic E-state index is 12.1. The van der Waals surface area contributed by atoms with Crippen LogP contribution in [0.3, 0.4) is 0 Å². The maximum Gasteiger partial charge on any atom is 0.234 e. The first-order valence-corrected chi connectivity index (χ1v) is 5.84. The van der Waals surface area contributed by atoms with Gasteiger partial charge >= 0.3 is 0 Å². The van der Waals surface area contributed by atoms with E-state index in [1.54, 1.807) is 0 Å². The molecule has 3 unspecified atom stereocenters. The normalized spacial score (nSPS) is 30.8. The highest BCUT2D eigenvalue weighted by atomic mass is 16.2. The first-order chi connectivity index (χ1) is 7.57. The Morgan fingerprint density at radius 2 is 1.75 bits per heavy atom. The molecule has 0 spiro atoms. The minimum atomic E-state index is -0.592. The molecular weight excluding hydrogens is 204 g/mol. The van der Waals surface area contributed by atoms with E-state index in [-0.39, 0.29) is 29.6 Å². The Labute approximate surface area is 95.2 Å². The lowest BCUT2D eigenvalue weighted by molar-refractivity contribution is -0.142. The summed E-state index contributed by atoms with van der Waals surface area (Å²) in [6.07, 6.45) is 2.57. The number of nitrogens with zero attached hydrogens (tertiary/aromatic N) is 2. The first kappa shape index (κ1) is 11.1. The number of nitriles is 1. The molecule has 0 aromatic heterocycles. The molecule has 0 radical (unpaired) electrons. The number of imide groups is 1. The Hall–Kier alpha value is -1.37. The van der Waals surface area contributed by atoms with Crippen molar-refractivity contribution in [1.82, 2.24) is 4.90 Å². The molecule has 0 bridgehead atoms. The van der Waals surface area contributed by atoms with Crippen LogP contribution in [0.1, 0.15) is 33.1 Å². The summed E-state index contributed by atoms with van der Waals surface area (Å²) in [7, 11) is 0. The molecule has 4 nitrogen and oxygen atoms in total. The van der Waals surface area contributed by atoms with Crippen molar-refractivity contribution in [3.05, 3.63) is 0 Å². The van der Waals surface area contributed by atoms with Gasteiger partial charge in [-0.05, 0) is 18.8 Å². The minimum absolute atomic E-state index is 0.00303. The molecule has 16 heavy (non-hydrogen) atoms. The third kappa shape index (κ3) is 1.42. The van der Waals surface area contributed by atoms with Crippen molar-refractivity contribution >= 4 is 11.8 Å². The zero-order valence-electron chi connectivity index (χ0n) is 9.64. The third-order valence-corrected chi connectivity index (χ3v) is 3.67. The highest BCUT2D eigenvalue weighted by molar-refractivity contribution is 6.06. The smallest absolute Gasteiger partial charge is 0.234 e. The third-order valence-electron chi connectivity index (χ3n) is 3.67. The fourth-order valence-corrected chi connectivity index (χ4v) is 2.80. The van der Waals surface area contributed by atoms with E-state index in [2.05, 4.69) is 6.07 Å². The summed E-state index contributed by atoms with van der Waals surface area (Å²) < 4.78 is 0. The van der Waals surface area contributed by atoms with Gasteiger partial charge in [-0.1, -0.05) is 20.3 Å². The Bertz CT molecular complexity index is 348. The van der Waals surface area contributed by atoms with Crippen LogP contribution in [0.5, 0.6) is 0 Å². The Morgan fingerprint density at radius 3 is 2.12 bits per heavy atom. The molecule has 2 amide bonds. The topological polar surface area (TPSA) is 61.2 Å². The van der Waals surface area contributed by atoms with E-state index in [1.807, 2.05) is 13.8 Å². The number of fused-ring (bicyclic) bond motifs is 1. The second-order valence-corrected chi connectivity index (χ2v) is 5.01. The van der Waals surface area contributed by atoms with Crippen LogP contribution in [0.15, 0.2) is 0 Å². The molecule has 2 aliphatic rings. The van der Waals surface area contributed by atoms with Gasteiger partial charge < -0.3 is 0 Å². The monoisotopic (exact) mass is 220 g/mol. The molecule has 1 aliphatic carbocycles. The molecular formula is C12H16N2O2. The molecule has 86 valence electrons. The minimum Gasteiger partial charge on any atom is -0.274 e. The van der Waals surface area contributed by atoms with Crippen LogP contribution in [0.2, 0.25) is 0 Å². The molecule has 1 saturated heterocycles. The van der Waals surface area contributed by atoms with E-state index in [0.717, 1.165) is 19.3 Å². The van der Waals surface area contributed by atoms with Crippen LogP contribution in [-0.4, -0.2) is 22.8 Å². The van der Waals surface area contributed by atoms with Gasteiger partial charge in [0.05, 0.1) is 17.9 Å². The van der Waals surface area contributed by atoms with Crippen LogP contribution in [-0.2, 0) is 9.59 Å². The zero-order chi connectivity index (χ0) is 11.9. The number of amides is 2. The lowest BCUT2D eigenvalue weighted by Crippen LogP contribution is -2.43. The van der Waals surface area contributed by atoms with Crippen LogP contribution >= 0.6 is 0 Å². The van der Waals surface area contributed by atoms with Crippen molar-refractivity contribution in [1.29, 1.82) is 5.26 Å². The maximum absolute atomic E-state index is 12.1. The van der Waals surface area contributed by atoms with Gasteiger partial charge in [-0.3, -0.25) is 14.5 Å². The molecule has 3 atom stereocenters. The van der Waals surface area contributed by atoms with Crippen molar-refractivity contribution < 1.29 is 9.59 Å². The molecule has 0 aromatic rings. The summed E-state index contributed by atoms with van der Waals surface area (Å²) in [5.74, 6) is -0.513. The van der Waals surface area contributed by atoms with Gasteiger partial charge in [0.1, 0.15) is 6.04 Å². The second kappa shape index (κ2) is 3.89. The zero-order valence-corrected chi connectivity index (χ0v) is 9.64. The van der Waals surface area contributed by atoms with Crippen LogP contribution in [0.25, 0.3) is 0 Å².